The first-order chi connectivity index (χ1) is 8.09. The summed E-state index contributed by atoms with van der Waals surface area (Å²) in [5.74, 6) is 0.136. The fourth-order valence-corrected chi connectivity index (χ4v) is 1.27. The van der Waals surface area contributed by atoms with E-state index >= 15 is 0 Å². The van der Waals surface area contributed by atoms with E-state index in [4.69, 9.17) is 5.73 Å². The van der Waals surface area contributed by atoms with Crippen LogP contribution in [-0.4, -0.2) is 22.4 Å². The largest absolute Gasteiger partial charge is 0.370 e. The molecule has 0 fully saturated rings. The molecule has 0 aromatic carbocycles. The number of hydrogen-bond donors (Lipinski definition) is 2. The minimum Gasteiger partial charge on any atom is -0.370 e. The van der Waals surface area contributed by atoms with Crippen molar-refractivity contribution in [3.8, 4) is 0 Å². The van der Waals surface area contributed by atoms with E-state index in [-0.39, 0.29) is 11.6 Å². The molecule has 0 atom stereocenters. The lowest BCUT2D eigenvalue weighted by Gasteiger charge is -2.04. The summed E-state index contributed by atoms with van der Waals surface area (Å²) in [4.78, 5) is 24.4. The SMILES string of the molecule is NC(=O)CCCCNc1cc([N+](=O)[O-])ccn1. The summed E-state index contributed by atoms with van der Waals surface area (Å²) in [5.41, 5.74) is 4.99. The summed E-state index contributed by atoms with van der Waals surface area (Å²) in [6.45, 7) is 0.599. The second-order valence-corrected chi connectivity index (χ2v) is 3.51. The molecule has 1 heterocycles. The van der Waals surface area contributed by atoms with Crippen LogP contribution >= 0.6 is 0 Å². The molecular weight excluding hydrogens is 224 g/mol. The van der Waals surface area contributed by atoms with E-state index in [9.17, 15) is 14.9 Å². The maximum atomic E-state index is 10.5. The average molecular weight is 238 g/mol. The van der Waals surface area contributed by atoms with Crippen LogP contribution in [0.4, 0.5) is 11.5 Å². The lowest BCUT2D eigenvalue weighted by atomic mass is 10.2. The Hall–Kier alpha value is -2.18. The van der Waals surface area contributed by atoms with E-state index in [1.807, 2.05) is 0 Å². The molecule has 0 radical (unpaired) electrons. The zero-order valence-electron chi connectivity index (χ0n) is 9.26. The van der Waals surface area contributed by atoms with Gasteiger partial charge in [-0.25, -0.2) is 4.98 Å². The molecule has 0 unspecified atom stereocenters. The van der Waals surface area contributed by atoms with Crippen LogP contribution in [0.3, 0.4) is 0 Å². The third-order valence-electron chi connectivity index (χ3n) is 2.11. The van der Waals surface area contributed by atoms with E-state index < -0.39 is 4.92 Å². The van der Waals surface area contributed by atoms with Gasteiger partial charge < -0.3 is 11.1 Å². The molecule has 0 saturated carbocycles. The lowest BCUT2D eigenvalue weighted by Crippen LogP contribution is -2.11. The summed E-state index contributed by atoms with van der Waals surface area (Å²) in [7, 11) is 0. The van der Waals surface area contributed by atoms with Gasteiger partial charge in [-0.1, -0.05) is 0 Å². The van der Waals surface area contributed by atoms with Gasteiger partial charge in [-0.05, 0) is 12.8 Å². The second kappa shape index (κ2) is 6.41. The van der Waals surface area contributed by atoms with Gasteiger partial charge in [-0.3, -0.25) is 14.9 Å². The van der Waals surface area contributed by atoms with Crippen molar-refractivity contribution in [3.05, 3.63) is 28.4 Å². The summed E-state index contributed by atoms with van der Waals surface area (Å²) >= 11 is 0. The summed E-state index contributed by atoms with van der Waals surface area (Å²) in [5, 5.41) is 13.4. The Morgan fingerprint density at radius 3 is 2.94 bits per heavy atom. The number of amides is 1. The fraction of sp³-hybridized carbons (Fsp3) is 0.400. The molecule has 0 saturated heterocycles. The van der Waals surface area contributed by atoms with Gasteiger partial charge in [0.05, 0.1) is 11.0 Å². The number of rotatable bonds is 7. The van der Waals surface area contributed by atoms with Gasteiger partial charge in [0.25, 0.3) is 5.69 Å². The smallest absolute Gasteiger partial charge is 0.274 e. The first-order valence-electron chi connectivity index (χ1n) is 5.22. The topological polar surface area (TPSA) is 111 Å². The van der Waals surface area contributed by atoms with Gasteiger partial charge in [0.15, 0.2) is 0 Å². The fourth-order valence-electron chi connectivity index (χ4n) is 1.27. The Morgan fingerprint density at radius 2 is 2.29 bits per heavy atom. The Labute approximate surface area is 98.2 Å². The van der Waals surface area contributed by atoms with Crippen molar-refractivity contribution in [2.75, 3.05) is 11.9 Å². The van der Waals surface area contributed by atoms with Crippen molar-refractivity contribution in [2.45, 2.75) is 19.3 Å². The molecule has 1 aromatic heterocycles. The molecule has 17 heavy (non-hydrogen) atoms. The van der Waals surface area contributed by atoms with Crippen LogP contribution in [-0.2, 0) is 4.79 Å². The predicted molar refractivity (Wildman–Crippen MR) is 62.4 cm³/mol. The quantitative estimate of drug-likeness (QED) is 0.419. The number of nitrogens with one attached hydrogen (secondary N) is 1. The minimum atomic E-state index is -0.472. The Kier molecular flexibility index (Phi) is 4.86. The molecule has 3 N–H and O–H groups in total. The summed E-state index contributed by atoms with van der Waals surface area (Å²) in [6, 6.07) is 2.70. The van der Waals surface area contributed by atoms with Gasteiger partial charge in [0, 0.05) is 25.2 Å². The van der Waals surface area contributed by atoms with Crippen LogP contribution in [0.1, 0.15) is 19.3 Å². The first kappa shape index (κ1) is 12.9. The third-order valence-corrected chi connectivity index (χ3v) is 2.11. The number of nitro groups is 1. The molecule has 1 rings (SSSR count). The number of anilines is 1. The number of unbranched alkanes of at least 4 members (excludes halogenated alkanes) is 1. The molecule has 1 aromatic rings. The number of primary amides is 1. The molecule has 1 amide bonds. The van der Waals surface area contributed by atoms with Gasteiger partial charge in [-0.2, -0.15) is 0 Å². The van der Waals surface area contributed by atoms with E-state index in [2.05, 4.69) is 10.3 Å². The minimum absolute atomic E-state index is 0.000337. The molecule has 0 spiro atoms. The van der Waals surface area contributed by atoms with Gasteiger partial charge in [-0.15, -0.1) is 0 Å². The Balaban J connectivity index is 2.34. The summed E-state index contributed by atoms with van der Waals surface area (Å²) < 4.78 is 0. The number of hydrogen-bond acceptors (Lipinski definition) is 5. The van der Waals surface area contributed by atoms with Crippen LogP contribution in [0.5, 0.6) is 0 Å². The highest BCUT2D eigenvalue weighted by atomic mass is 16.6. The van der Waals surface area contributed by atoms with Crippen LogP contribution in [0.2, 0.25) is 0 Å². The molecule has 7 nitrogen and oxygen atoms in total. The number of carbonyl (C=O) groups excluding carboxylic acids is 1. The average Bonchev–Trinajstić information content (AvgIpc) is 2.28. The molecule has 0 bridgehead atoms. The van der Waals surface area contributed by atoms with Crippen molar-refractivity contribution < 1.29 is 9.72 Å². The first-order valence-corrected chi connectivity index (χ1v) is 5.22. The second-order valence-electron chi connectivity index (χ2n) is 3.51. The number of aromatic nitrogens is 1. The Morgan fingerprint density at radius 1 is 1.53 bits per heavy atom. The third kappa shape index (κ3) is 4.92. The van der Waals surface area contributed by atoms with Crippen molar-refractivity contribution >= 4 is 17.4 Å². The molecular formula is C10H14N4O3. The normalized spacial score (nSPS) is 9.88. The lowest BCUT2D eigenvalue weighted by molar-refractivity contribution is -0.384. The van der Waals surface area contributed by atoms with Crippen molar-refractivity contribution in [1.29, 1.82) is 0 Å². The highest BCUT2D eigenvalue weighted by molar-refractivity contribution is 5.73. The van der Waals surface area contributed by atoms with Crippen molar-refractivity contribution in [2.24, 2.45) is 5.73 Å². The van der Waals surface area contributed by atoms with E-state index in [1.54, 1.807) is 0 Å². The van der Waals surface area contributed by atoms with Crippen molar-refractivity contribution in [1.82, 2.24) is 4.98 Å². The van der Waals surface area contributed by atoms with Gasteiger partial charge in [0.1, 0.15) is 5.82 Å². The van der Waals surface area contributed by atoms with Gasteiger partial charge >= 0.3 is 0 Å². The zero-order valence-corrected chi connectivity index (χ0v) is 9.26. The standard InChI is InChI=1S/C10H14N4O3/c11-9(15)3-1-2-5-12-10-7-8(14(16)17)4-6-13-10/h4,6-7H,1-3,5H2,(H2,11,15)(H,12,13). The Bertz CT molecular complexity index is 408. The monoisotopic (exact) mass is 238 g/mol. The molecule has 0 aliphatic rings. The van der Waals surface area contributed by atoms with Crippen LogP contribution < -0.4 is 11.1 Å². The maximum Gasteiger partial charge on any atom is 0.274 e. The number of nitrogens with zero attached hydrogens (tertiary/aromatic N) is 2. The molecule has 92 valence electrons. The van der Waals surface area contributed by atoms with E-state index in [0.717, 1.165) is 6.42 Å². The maximum absolute atomic E-state index is 10.5. The zero-order chi connectivity index (χ0) is 12.7. The number of pyridine rings is 1. The van der Waals surface area contributed by atoms with Crippen molar-refractivity contribution in [3.63, 3.8) is 0 Å². The predicted octanol–water partition coefficient (Wildman–Crippen LogP) is 1.06. The summed E-state index contributed by atoms with van der Waals surface area (Å²) in [6.07, 6.45) is 3.18. The van der Waals surface area contributed by atoms with E-state index in [0.29, 0.717) is 25.2 Å². The number of nitrogens with two attached hydrogens (primary N) is 1. The van der Waals surface area contributed by atoms with Crippen LogP contribution in [0, 0.1) is 10.1 Å². The molecule has 0 aliphatic heterocycles. The van der Waals surface area contributed by atoms with Crippen LogP contribution in [0.25, 0.3) is 0 Å². The van der Waals surface area contributed by atoms with E-state index in [1.165, 1.54) is 18.3 Å². The molecule has 0 aliphatic carbocycles. The number of carbonyl (C=O) groups is 1. The highest BCUT2D eigenvalue weighted by Gasteiger charge is 2.05. The molecule has 7 heteroatoms. The van der Waals surface area contributed by atoms with Crippen LogP contribution in [0.15, 0.2) is 18.3 Å². The van der Waals surface area contributed by atoms with Gasteiger partial charge in [0.2, 0.25) is 5.91 Å². The highest BCUT2D eigenvalue weighted by Crippen LogP contribution is 2.14.